The summed E-state index contributed by atoms with van der Waals surface area (Å²) in [6.07, 6.45) is 4.16. The summed E-state index contributed by atoms with van der Waals surface area (Å²) in [6, 6.07) is 15.1. The van der Waals surface area contributed by atoms with Crippen molar-refractivity contribution in [1.82, 2.24) is 14.7 Å². The zero-order valence-electron chi connectivity index (χ0n) is 19.3. The molecule has 1 aromatic heterocycles. The molecule has 0 radical (unpaired) electrons. The third-order valence-electron chi connectivity index (χ3n) is 5.16. The first-order valence-corrected chi connectivity index (χ1v) is 13.4. The van der Waals surface area contributed by atoms with Crippen LogP contribution in [0.15, 0.2) is 64.1 Å². The highest BCUT2D eigenvalue weighted by Crippen LogP contribution is 2.25. The quantitative estimate of drug-likeness (QED) is 0.248. The molecule has 34 heavy (non-hydrogen) atoms. The molecule has 8 nitrogen and oxygen atoms in total. The van der Waals surface area contributed by atoms with E-state index >= 15 is 0 Å². The van der Waals surface area contributed by atoms with E-state index in [9.17, 15) is 13.5 Å². The molecule has 10 heteroatoms. The molecule has 0 aliphatic heterocycles. The van der Waals surface area contributed by atoms with Gasteiger partial charge in [-0.2, -0.15) is 4.98 Å². The topological polar surface area (TPSA) is 116 Å². The minimum Gasteiger partial charge on any atom is -0.394 e. The predicted octanol–water partition coefficient (Wildman–Crippen LogP) is 4.39. The summed E-state index contributed by atoms with van der Waals surface area (Å²) < 4.78 is 29.2. The van der Waals surface area contributed by atoms with Crippen LogP contribution in [0.3, 0.4) is 0 Å². The van der Waals surface area contributed by atoms with Gasteiger partial charge >= 0.3 is 0 Å². The van der Waals surface area contributed by atoms with Crippen molar-refractivity contribution in [3.8, 4) is 0 Å². The Morgan fingerprint density at radius 1 is 1.12 bits per heavy atom. The molecule has 2 aromatic carbocycles. The Bertz CT molecular complexity index is 1190. The number of hydrogen-bond acceptors (Lipinski definition) is 7. The number of aryl methyl sites for hydroxylation is 2. The average Bonchev–Trinajstić information content (AvgIpc) is 2.82. The van der Waals surface area contributed by atoms with E-state index < -0.39 is 10.0 Å². The van der Waals surface area contributed by atoms with Gasteiger partial charge in [-0.3, -0.25) is 0 Å². The van der Waals surface area contributed by atoms with Crippen LogP contribution < -0.4 is 15.4 Å². The highest BCUT2D eigenvalue weighted by atomic mass is 79.9. The molecule has 3 rings (SSSR count). The van der Waals surface area contributed by atoms with Gasteiger partial charge in [0.15, 0.2) is 0 Å². The molecule has 0 aliphatic carbocycles. The van der Waals surface area contributed by atoms with Crippen LogP contribution in [0.25, 0.3) is 0 Å². The van der Waals surface area contributed by atoms with Crippen LogP contribution in [0.5, 0.6) is 0 Å². The molecule has 4 N–H and O–H groups in total. The van der Waals surface area contributed by atoms with E-state index in [-0.39, 0.29) is 17.5 Å². The molecule has 0 aliphatic rings. The number of nitrogens with one attached hydrogen (secondary N) is 3. The molecule has 0 fully saturated rings. The van der Waals surface area contributed by atoms with Crippen molar-refractivity contribution >= 4 is 43.4 Å². The van der Waals surface area contributed by atoms with Crippen LogP contribution in [0, 0.1) is 6.92 Å². The van der Waals surface area contributed by atoms with Gasteiger partial charge in [-0.25, -0.2) is 18.1 Å². The number of aliphatic hydroxyl groups is 1. The lowest BCUT2D eigenvalue weighted by molar-refractivity contribution is 0.281. The van der Waals surface area contributed by atoms with Crippen molar-refractivity contribution in [2.45, 2.75) is 44.0 Å². The van der Waals surface area contributed by atoms with E-state index in [0.29, 0.717) is 34.0 Å². The lowest BCUT2D eigenvalue weighted by Crippen LogP contribution is -2.25. The van der Waals surface area contributed by atoms with Crippen LogP contribution in [0.1, 0.15) is 30.9 Å². The van der Waals surface area contributed by atoms with E-state index in [2.05, 4.69) is 53.4 Å². The number of aromatic nitrogens is 2. The lowest BCUT2D eigenvalue weighted by Gasteiger charge is -2.15. The van der Waals surface area contributed by atoms with Gasteiger partial charge in [0.2, 0.25) is 16.0 Å². The molecule has 182 valence electrons. The van der Waals surface area contributed by atoms with E-state index in [4.69, 9.17) is 0 Å². The van der Waals surface area contributed by atoms with Crippen molar-refractivity contribution in [3.63, 3.8) is 0 Å². The second-order valence-corrected chi connectivity index (χ2v) is 10.7. The SMILES string of the molecule is Cc1ccc(Nc2ncc(Br)c(N[C@H](C)CO)n2)cc1S(=O)(=O)NCCCCc1ccccc1. The highest BCUT2D eigenvalue weighted by molar-refractivity contribution is 9.10. The highest BCUT2D eigenvalue weighted by Gasteiger charge is 2.17. The number of rotatable bonds is 12. The predicted molar refractivity (Wildman–Crippen MR) is 139 cm³/mol. The van der Waals surface area contributed by atoms with Gasteiger partial charge < -0.3 is 15.7 Å². The van der Waals surface area contributed by atoms with Crippen molar-refractivity contribution in [3.05, 3.63) is 70.3 Å². The van der Waals surface area contributed by atoms with Crippen LogP contribution in [0.2, 0.25) is 0 Å². The Morgan fingerprint density at radius 3 is 2.62 bits per heavy atom. The first kappa shape index (κ1) is 26.1. The first-order valence-electron chi connectivity index (χ1n) is 11.1. The van der Waals surface area contributed by atoms with Crippen molar-refractivity contribution < 1.29 is 13.5 Å². The van der Waals surface area contributed by atoms with Gasteiger partial charge in [0, 0.05) is 24.5 Å². The molecule has 0 unspecified atom stereocenters. The van der Waals surface area contributed by atoms with Crippen molar-refractivity contribution in [2.24, 2.45) is 0 Å². The standard InChI is InChI=1S/C24H30BrN5O3S/c1-17-11-12-20(29-24-26-15-21(25)23(30-24)28-18(2)16-31)14-22(17)34(32,33)27-13-7-6-10-19-8-4-3-5-9-19/h3-5,8-9,11-12,14-15,18,27,31H,6-7,10,13,16H2,1-2H3,(H2,26,28,29,30)/t18-/m1/s1. The Balaban J connectivity index is 1.64. The van der Waals surface area contributed by atoms with Gasteiger partial charge in [-0.05, 0) is 72.3 Å². The average molecular weight is 549 g/mol. The second-order valence-electron chi connectivity index (χ2n) is 8.06. The van der Waals surface area contributed by atoms with E-state index in [1.54, 1.807) is 31.3 Å². The number of sulfonamides is 1. The fourth-order valence-corrected chi connectivity index (χ4v) is 4.94. The molecule has 0 spiro atoms. The number of anilines is 3. The van der Waals surface area contributed by atoms with Gasteiger partial charge in [0.25, 0.3) is 0 Å². The fourth-order valence-electron chi connectivity index (χ4n) is 3.29. The molecular formula is C24H30BrN5O3S. The minimum atomic E-state index is -3.66. The van der Waals surface area contributed by atoms with Crippen LogP contribution >= 0.6 is 15.9 Å². The Hall–Kier alpha value is -2.53. The minimum absolute atomic E-state index is 0.0440. The molecule has 0 amide bonds. The Kier molecular flexibility index (Phi) is 9.40. The molecule has 0 saturated carbocycles. The smallest absolute Gasteiger partial charge is 0.240 e. The molecule has 3 aromatic rings. The number of hydrogen-bond donors (Lipinski definition) is 4. The normalized spacial score (nSPS) is 12.4. The van der Waals surface area contributed by atoms with Crippen molar-refractivity contribution in [2.75, 3.05) is 23.8 Å². The van der Waals surface area contributed by atoms with Gasteiger partial charge in [0.05, 0.1) is 16.0 Å². The monoisotopic (exact) mass is 547 g/mol. The maximum Gasteiger partial charge on any atom is 0.240 e. The number of aliphatic hydroxyl groups excluding tert-OH is 1. The maximum absolute atomic E-state index is 12.9. The first-order chi connectivity index (χ1) is 16.3. The van der Waals surface area contributed by atoms with E-state index in [0.717, 1.165) is 19.3 Å². The summed E-state index contributed by atoms with van der Waals surface area (Å²) in [5.41, 5.74) is 2.45. The Morgan fingerprint density at radius 2 is 1.88 bits per heavy atom. The van der Waals surface area contributed by atoms with Gasteiger partial charge in [0.1, 0.15) is 5.82 Å². The number of halogens is 1. The Labute approximate surface area is 209 Å². The summed E-state index contributed by atoms with van der Waals surface area (Å²) in [5.74, 6) is 0.827. The van der Waals surface area contributed by atoms with E-state index in [1.165, 1.54) is 5.56 Å². The van der Waals surface area contributed by atoms with Gasteiger partial charge in [-0.15, -0.1) is 0 Å². The fraction of sp³-hybridized carbons (Fsp3) is 0.333. The molecular weight excluding hydrogens is 518 g/mol. The largest absolute Gasteiger partial charge is 0.394 e. The van der Waals surface area contributed by atoms with Gasteiger partial charge in [-0.1, -0.05) is 36.4 Å². The van der Waals surface area contributed by atoms with E-state index in [1.807, 2.05) is 25.1 Å². The summed E-state index contributed by atoms with van der Waals surface area (Å²) in [4.78, 5) is 8.86. The zero-order chi connectivity index (χ0) is 24.6. The molecule has 0 bridgehead atoms. The third kappa shape index (κ3) is 7.49. The van der Waals surface area contributed by atoms with Crippen molar-refractivity contribution in [1.29, 1.82) is 0 Å². The molecule has 1 atom stereocenters. The number of unbranched alkanes of at least 4 members (excludes halogenated alkanes) is 1. The maximum atomic E-state index is 12.9. The van der Waals surface area contributed by atoms with Crippen LogP contribution in [-0.2, 0) is 16.4 Å². The third-order valence-corrected chi connectivity index (χ3v) is 7.35. The summed E-state index contributed by atoms with van der Waals surface area (Å²) in [6.45, 7) is 3.92. The van der Waals surface area contributed by atoms with Crippen LogP contribution in [-0.4, -0.2) is 42.7 Å². The second kappa shape index (κ2) is 12.3. The lowest BCUT2D eigenvalue weighted by atomic mass is 10.1. The molecule has 0 saturated heterocycles. The summed E-state index contributed by atoms with van der Waals surface area (Å²) >= 11 is 3.38. The summed E-state index contributed by atoms with van der Waals surface area (Å²) in [7, 11) is -3.66. The number of benzene rings is 2. The zero-order valence-corrected chi connectivity index (χ0v) is 21.7. The summed E-state index contributed by atoms with van der Waals surface area (Å²) in [5, 5.41) is 15.4. The molecule has 1 heterocycles. The number of nitrogens with zero attached hydrogens (tertiary/aromatic N) is 2. The van der Waals surface area contributed by atoms with Crippen LogP contribution in [0.4, 0.5) is 17.5 Å².